The van der Waals surface area contributed by atoms with Crippen LogP contribution < -0.4 is 0 Å². The average Bonchev–Trinajstić information content (AvgIpc) is 2.33. The normalized spacial score (nSPS) is 10.3. The summed E-state index contributed by atoms with van der Waals surface area (Å²) < 4.78 is 27.4. The predicted molar refractivity (Wildman–Crippen MR) is 64.9 cm³/mol. The molecule has 0 N–H and O–H groups in total. The Bertz CT molecular complexity index is 582. The van der Waals surface area contributed by atoms with Gasteiger partial charge in [-0.25, -0.2) is 8.78 Å². The highest BCUT2D eigenvalue weighted by atomic mass is 79.9. The van der Waals surface area contributed by atoms with E-state index in [-0.39, 0.29) is 5.56 Å². The first-order valence-electron chi connectivity index (χ1n) is 4.82. The summed E-state index contributed by atoms with van der Waals surface area (Å²) >= 11 is 3.23. The molecule has 4 heteroatoms. The minimum Gasteiger partial charge on any atom is -0.298 e. The quantitative estimate of drug-likeness (QED) is 0.759. The molecule has 2 rings (SSSR count). The number of aldehydes is 1. The van der Waals surface area contributed by atoms with Gasteiger partial charge in [-0.3, -0.25) is 4.79 Å². The van der Waals surface area contributed by atoms with Gasteiger partial charge in [-0.2, -0.15) is 0 Å². The number of rotatable bonds is 2. The van der Waals surface area contributed by atoms with Crippen LogP contribution in [-0.2, 0) is 0 Å². The van der Waals surface area contributed by atoms with E-state index >= 15 is 0 Å². The van der Waals surface area contributed by atoms with E-state index in [2.05, 4.69) is 15.9 Å². The molecule has 17 heavy (non-hydrogen) atoms. The van der Waals surface area contributed by atoms with Crippen LogP contribution in [0.1, 0.15) is 10.4 Å². The molecular weight excluding hydrogens is 290 g/mol. The second-order valence-electron chi connectivity index (χ2n) is 3.48. The van der Waals surface area contributed by atoms with Gasteiger partial charge in [0.15, 0.2) is 6.29 Å². The molecule has 2 aromatic rings. The van der Waals surface area contributed by atoms with Crippen LogP contribution in [0.3, 0.4) is 0 Å². The zero-order valence-electron chi connectivity index (χ0n) is 8.58. The monoisotopic (exact) mass is 296 g/mol. The third-order valence-electron chi connectivity index (χ3n) is 2.36. The van der Waals surface area contributed by atoms with E-state index in [4.69, 9.17) is 0 Å². The standard InChI is InChI=1S/C13H7BrF2O/c14-10-2-4-13(16)11(6-10)8-1-3-12(15)9(5-8)7-17/h1-7H. The maximum absolute atomic E-state index is 13.6. The van der Waals surface area contributed by atoms with Crippen LogP contribution in [0.25, 0.3) is 11.1 Å². The van der Waals surface area contributed by atoms with Crippen LogP contribution in [-0.4, -0.2) is 6.29 Å². The molecule has 0 spiro atoms. The Balaban J connectivity index is 2.60. The second-order valence-corrected chi connectivity index (χ2v) is 4.39. The van der Waals surface area contributed by atoms with Crippen molar-refractivity contribution in [3.05, 3.63) is 58.1 Å². The fourth-order valence-corrected chi connectivity index (χ4v) is 1.88. The highest BCUT2D eigenvalue weighted by molar-refractivity contribution is 9.10. The smallest absolute Gasteiger partial charge is 0.153 e. The first-order valence-corrected chi connectivity index (χ1v) is 5.61. The number of hydrogen-bond acceptors (Lipinski definition) is 1. The minimum atomic E-state index is -0.612. The summed E-state index contributed by atoms with van der Waals surface area (Å²) in [5.74, 6) is -1.03. The molecule has 0 atom stereocenters. The number of carbonyl (C=O) groups excluding carboxylic acids is 1. The van der Waals surface area contributed by atoms with Gasteiger partial charge in [-0.15, -0.1) is 0 Å². The van der Waals surface area contributed by atoms with Crippen LogP contribution in [0.15, 0.2) is 40.9 Å². The predicted octanol–water partition coefficient (Wildman–Crippen LogP) is 4.21. The summed E-state index contributed by atoms with van der Waals surface area (Å²) in [6.07, 6.45) is 0.411. The van der Waals surface area contributed by atoms with Gasteiger partial charge in [0.1, 0.15) is 11.6 Å². The van der Waals surface area contributed by atoms with Gasteiger partial charge in [0.05, 0.1) is 5.56 Å². The van der Waals surface area contributed by atoms with Gasteiger partial charge < -0.3 is 0 Å². The Morgan fingerprint density at radius 1 is 1.00 bits per heavy atom. The van der Waals surface area contributed by atoms with Gasteiger partial charge in [0, 0.05) is 10.0 Å². The molecule has 2 aromatic carbocycles. The zero-order chi connectivity index (χ0) is 12.4. The van der Waals surface area contributed by atoms with Crippen molar-refractivity contribution in [3.8, 4) is 11.1 Å². The Hall–Kier alpha value is -1.55. The SMILES string of the molecule is O=Cc1cc(-c2cc(Br)ccc2F)ccc1F. The molecule has 0 saturated carbocycles. The molecule has 0 aliphatic heterocycles. The van der Waals surface area contributed by atoms with Gasteiger partial charge in [0.2, 0.25) is 0 Å². The van der Waals surface area contributed by atoms with Crippen LogP contribution in [0.5, 0.6) is 0 Å². The topological polar surface area (TPSA) is 17.1 Å². The molecule has 0 aromatic heterocycles. The van der Waals surface area contributed by atoms with Crippen molar-refractivity contribution in [2.75, 3.05) is 0 Å². The lowest BCUT2D eigenvalue weighted by Gasteiger charge is -2.05. The van der Waals surface area contributed by atoms with Gasteiger partial charge in [-0.1, -0.05) is 22.0 Å². The van der Waals surface area contributed by atoms with Gasteiger partial charge in [0.25, 0.3) is 0 Å². The largest absolute Gasteiger partial charge is 0.298 e. The average molecular weight is 297 g/mol. The lowest BCUT2D eigenvalue weighted by atomic mass is 10.0. The zero-order valence-corrected chi connectivity index (χ0v) is 10.2. The van der Waals surface area contributed by atoms with Crippen LogP contribution >= 0.6 is 15.9 Å². The van der Waals surface area contributed by atoms with E-state index in [1.165, 1.54) is 18.2 Å². The molecule has 86 valence electrons. The maximum Gasteiger partial charge on any atom is 0.153 e. The van der Waals surface area contributed by atoms with E-state index in [0.29, 0.717) is 21.9 Å². The van der Waals surface area contributed by atoms with Gasteiger partial charge in [-0.05, 0) is 35.9 Å². The van der Waals surface area contributed by atoms with Crippen LogP contribution in [0.2, 0.25) is 0 Å². The van der Waals surface area contributed by atoms with Crippen molar-refractivity contribution in [1.29, 1.82) is 0 Å². The van der Waals surface area contributed by atoms with Crippen molar-refractivity contribution >= 4 is 22.2 Å². The molecule has 0 aliphatic carbocycles. The first kappa shape index (κ1) is 11.9. The van der Waals surface area contributed by atoms with Crippen LogP contribution in [0.4, 0.5) is 8.78 Å². The summed E-state index contributed by atoms with van der Waals surface area (Å²) in [5.41, 5.74) is 0.705. The Kier molecular flexibility index (Phi) is 3.33. The molecule has 0 aliphatic rings. The van der Waals surface area contributed by atoms with E-state index in [0.717, 1.165) is 6.07 Å². The number of benzene rings is 2. The number of carbonyl (C=O) groups is 1. The summed E-state index contributed by atoms with van der Waals surface area (Å²) in [6, 6.07) is 8.38. The molecule has 0 bridgehead atoms. The Labute approximate surface area is 105 Å². The fraction of sp³-hybridized carbons (Fsp3) is 0. The molecule has 0 radical (unpaired) electrons. The first-order chi connectivity index (χ1) is 8.11. The van der Waals surface area contributed by atoms with E-state index in [1.807, 2.05) is 0 Å². The molecule has 1 nitrogen and oxygen atoms in total. The lowest BCUT2D eigenvalue weighted by molar-refractivity contribution is 0.112. The molecule has 0 saturated heterocycles. The summed E-state index contributed by atoms with van der Waals surface area (Å²) in [5, 5.41) is 0. The van der Waals surface area contributed by atoms with Crippen molar-refractivity contribution in [2.45, 2.75) is 0 Å². The molecule has 0 amide bonds. The minimum absolute atomic E-state index is 0.0816. The van der Waals surface area contributed by atoms with E-state index < -0.39 is 11.6 Å². The summed E-state index contributed by atoms with van der Waals surface area (Å²) in [7, 11) is 0. The fourth-order valence-electron chi connectivity index (χ4n) is 1.52. The summed E-state index contributed by atoms with van der Waals surface area (Å²) in [4.78, 5) is 10.6. The van der Waals surface area contributed by atoms with E-state index in [9.17, 15) is 13.6 Å². The van der Waals surface area contributed by atoms with Crippen molar-refractivity contribution < 1.29 is 13.6 Å². The molecule has 0 heterocycles. The third-order valence-corrected chi connectivity index (χ3v) is 2.86. The second kappa shape index (κ2) is 4.75. The highest BCUT2D eigenvalue weighted by Crippen LogP contribution is 2.27. The number of halogens is 3. The number of hydrogen-bond donors (Lipinski definition) is 0. The Morgan fingerprint density at radius 3 is 2.41 bits per heavy atom. The maximum atomic E-state index is 13.6. The molecular formula is C13H7BrF2O. The van der Waals surface area contributed by atoms with Crippen molar-refractivity contribution in [3.63, 3.8) is 0 Å². The summed E-state index contributed by atoms with van der Waals surface area (Å²) in [6.45, 7) is 0. The van der Waals surface area contributed by atoms with Crippen molar-refractivity contribution in [2.24, 2.45) is 0 Å². The van der Waals surface area contributed by atoms with Gasteiger partial charge >= 0.3 is 0 Å². The molecule has 0 fully saturated rings. The molecule has 0 unspecified atom stereocenters. The van der Waals surface area contributed by atoms with E-state index in [1.54, 1.807) is 12.1 Å². The third kappa shape index (κ3) is 2.42. The van der Waals surface area contributed by atoms with Crippen molar-refractivity contribution in [1.82, 2.24) is 0 Å². The van der Waals surface area contributed by atoms with Crippen LogP contribution in [0, 0.1) is 11.6 Å². The lowest BCUT2D eigenvalue weighted by Crippen LogP contribution is -1.90. The Morgan fingerprint density at radius 2 is 1.71 bits per heavy atom. The highest BCUT2D eigenvalue weighted by Gasteiger charge is 2.08.